The molecule has 0 N–H and O–H groups in total. The second kappa shape index (κ2) is 10.6. The fraction of sp³-hybridized carbons (Fsp3) is 0.862. The topological polar surface area (TPSA) is 71.5 Å². The van der Waals surface area contributed by atoms with Crippen LogP contribution in [-0.2, 0) is 19.2 Å². The number of piperidine rings is 1. The number of carbonyl (C=O) groups excluding carboxylic acids is 4. The summed E-state index contributed by atoms with van der Waals surface area (Å²) >= 11 is 0. The predicted molar refractivity (Wildman–Crippen MR) is 132 cm³/mol. The molecule has 0 aromatic heterocycles. The molecular weight excluding hydrogens is 426 g/mol. The Balaban J connectivity index is 1.50. The average molecular weight is 472 g/mol. The van der Waals surface area contributed by atoms with E-state index in [0.29, 0.717) is 31.2 Å². The molecule has 34 heavy (non-hydrogen) atoms. The summed E-state index contributed by atoms with van der Waals surface area (Å²) in [4.78, 5) is 54.8. The van der Waals surface area contributed by atoms with Gasteiger partial charge in [0.05, 0.1) is 6.04 Å². The summed E-state index contributed by atoms with van der Waals surface area (Å²) in [5.74, 6) is 0.112. The van der Waals surface area contributed by atoms with E-state index in [1.165, 1.54) is 25.7 Å². The highest BCUT2D eigenvalue weighted by atomic mass is 16.2. The minimum Gasteiger partial charge on any atom is -0.332 e. The van der Waals surface area contributed by atoms with Crippen LogP contribution < -0.4 is 0 Å². The first-order valence-corrected chi connectivity index (χ1v) is 14.1. The van der Waals surface area contributed by atoms with E-state index < -0.39 is 12.0 Å². The van der Waals surface area contributed by atoms with Gasteiger partial charge in [-0.25, -0.2) is 0 Å². The number of hydrogen-bond donors (Lipinski definition) is 0. The lowest BCUT2D eigenvalue weighted by atomic mass is 9.85. The summed E-state index contributed by atoms with van der Waals surface area (Å²) in [7, 11) is 0. The van der Waals surface area contributed by atoms with E-state index in [4.69, 9.17) is 0 Å². The molecule has 0 bridgehead atoms. The molecule has 190 valence electrons. The highest BCUT2D eigenvalue weighted by Gasteiger charge is 2.69. The van der Waals surface area contributed by atoms with Crippen molar-refractivity contribution in [1.29, 1.82) is 0 Å². The first-order chi connectivity index (χ1) is 16.2. The Morgan fingerprint density at radius 3 is 2.18 bits per heavy atom. The van der Waals surface area contributed by atoms with Crippen molar-refractivity contribution in [2.75, 3.05) is 6.54 Å². The van der Waals surface area contributed by atoms with Crippen LogP contribution in [0.25, 0.3) is 0 Å². The van der Waals surface area contributed by atoms with Gasteiger partial charge in [0.15, 0.2) is 11.6 Å². The SMILES string of the molecule is C[C@H]1CCCCCCCCC[C@@H](C(=O)C(=O)CCC2CC2)CC(=O)[C@@H]2[C@@H]3[C@H](CN2C1=O)C3(C)C. The van der Waals surface area contributed by atoms with E-state index in [-0.39, 0.29) is 46.9 Å². The summed E-state index contributed by atoms with van der Waals surface area (Å²) < 4.78 is 0. The number of amides is 1. The van der Waals surface area contributed by atoms with Crippen LogP contribution in [0.15, 0.2) is 0 Å². The molecule has 2 saturated carbocycles. The molecule has 0 radical (unpaired) electrons. The predicted octanol–water partition coefficient (Wildman–Crippen LogP) is 5.53. The lowest BCUT2D eigenvalue weighted by Crippen LogP contribution is -2.48. The number of Topliss-reactive ketones (excluding diaryl/α,β-unsaturated/α-hetero) is 3. The first-order valence-electron chi connectivity index (χ1n) is 14.1. The molecular formula is C29H45NO4. The lowest BCUT2D eigenvalue weighted by molar-refractivity contribution is -0.144. The zero-order valence-corrected chi connectivity index (χ0v) is 21.7. The molecule has 4 fully saturated rings. The van der Waals surface area contributed by atoms with Gasteiger partial charge in [0.2, 0.25) is 11.7 Å². The van der Waals surface area contributed by atoms with Crippen LogP contribution in [0.3, 0.4) is 0 Å². The summed E-state index contributed by atoms with van der Waals surface area (Å²) in [6.45, 7) is 7.07. The van der Waals surface area contributed by atoms with E-state index in [1.54, 1.807) is 0 Å². The van der Waals surface area contributed by atoms with Gasteiger partial charge in [-0.2, -0.15) is 0 Å². The molecule has 2 heterocycles. The highest BCUT2D eigenvalue weighted by molar-refractivity contribution is 6.38. The van der Waals surface area contributed by atoms with Crippen molar-refractivity contribution in [3.05, 3.63) is 0 Å². The minimum atomic E-state index is -0.512. The van der Waals surface area contributed by atoms with Gasteiger partial charge in [-0.05, 0) is 42.4 Å². The molecule has 2 aliphatic heterocycles. The van der Waals surface area contributed by atoms with Gasteiger partial charge in [-0.3, -0.25) is 19.2 Å². The maximum absolute atomic E-state index is 13.7. The molecule has 0 unspecified atom stereocenters. The Morgan fingerprint density at radius 1 is 0.912 bits per heavy atom. The van der Waals surface area contributed by atoms with Crippen LogP contribution >= 0.6 is 0 Å². The second-order valence-electron chi connectivity index (χ2n) is 12.5. The van der Waals surface area contributed by atoms with E-state index in [0.717, 1.165) is 44.9 Å². The summed E-state index contributed by atoms with van der Waals surface area (Å²) in [6.07, 6.45) is 12.8. The zero-order valence-electron chi connectivity index (χ0n) is 21.7. The van der Waals surface area contributed by atoms with E-state index >= 15 is 0 Å². The number of rotatable bonds is 5. The average Bonchev–Trinajstić information content (AvgIpc) is 3.67. The number of hydrogen-bond acceptors (Lipinski definition) is 4. The van der Waals surface area contributed by atoms with Gasteiger partial charge in [0.1, 0.15) is 0 Å². The molecule has 2 aliphatic carbocycles. The smallest absolute Gasteiger partial charge is 0.226 e. The second-order valence-corrected chi connectivity index (χ2v) is 12.5. The molecule has 0 aromatic carbocycles. The van der Waals surface area contributed by atoms with Crippen molar-refractivity contribution in [2.45, 2.75) is 117 Å². The maximum atomic E-state index is 13.7. The van der Waals surface area contributed by atoms with Crippen LogP contribution in [0.2, 0.25) is 0 Å². The van der Waals surface area contributed by atoms with Crippen LogP contribution in [-0.4, -0.2) is 40.7 Å². The van der Waals surface area contributed by atoms with E-state index in [2.05, 4.69) is 13.8 Å². The van der Waals surface area contributed by atoms with Crippen LogP contribution in [0.4, 0.5) is 0 Å². The molecule has 4 rings (SSSR count). The molecule has 1 amide bonds. The molecule has 2 saturated heterocycles. The van der Waals surface area contributed by atoms with E-state index in [9.17, 15) is 19.2 Å². The van der Waals surface area contributed by atoms with Crippen LogP contribution in [0.1, 0.15) is 111 Å². The van der Waals surface area contributed by atoms with Gasteiger partial charge in [-0.15, -0.1) is 0 Å². The summed E-state index contributed by atoms with van der Waals surface area (Å²) in [5.41, 5.74) is 0.0702. The zero-order chi connectivity index (χ0) is 24.5. The molecule has 0 aromatic rings. The Hall–Kier alpha value is -1.52. The molecule has 5 heteroatoms. The molecule has 0 spiro atoms. The number of ketones is 3. The quantitative estimate of drug-likeness (QED) is 0.494. The van der Waals surface area contributed by atoms with Crippen LogP contribution in [0, 0.1) is 35.0 Å². The van der Waals surface area contributed by atoms with Crippen molar-refractivity contribution < 1.29 is 19.2 Å². The number of nitrogens with zero attached hydrogens (tertiary/aromatic N) is 1. The Morgan fingerprint density at radius 2 is 1.53 bits per heavy atom. The van der Waals surface area contributed by atoms with Gasteiger partial charge in [-0.1, -0.05) is 78.6 Å². The van der Waals surface area contributed by atoms with Crippen LogP contribution in [0.5, 0.6) is 0 Å². The number of carbonyl (C=O) groups is 4. The van der Waals surface area contributed by atoms with Gasteiger partial charge in [0, 0.05) is 31.2 Å². The van der Waals surface area contributed by atoms with Crippen molar-refractivity contribution in [1.82, 2.24) is 4.90 Å². The standard InChI is InChI=1S/C29H45NO4/c1-19-11-9-7-5-4-6-8-10-12-21(27(33)23(31)16-15-20-13-14-20)17-24(32)26-25-22(29(25,2)3)18-30(26)28(19)34/h19-22,25-26H,4-18H2,1-3H3/t19-,21+,22-,25-,26+/m0/s1. The lowest BCUT2D eigenvalue weighted by Gasteiger charge is -2.32. The van der Waals surface area contributed by atoms with E-state index in [1.807, 2.05) is 11.8 Å². The van der Waals surface area contributed by atoms with Crippen molar-refractivity contribution in [2.24, 2.45) is 35.0 Å². The fourth-order valence-electron chi connectivity index (χ4n) is 6.80. The van der Waals surface area contributed by atoms with Gasteiger partial charge >= 0.3 is 0 Å². The Kier molecular flexibility index (Phi) is 7.99. The first kappa shape index (κ1) is 25.6. The maximum Gasteiger partial charge on any atom is 0.226 e. The van der Waals surface area contributed by atoms with Gasteiger partial charge in [0.25, 0.3) is 0 Å². The highest BCUT2D eigenvalue weighted by Crippen LogP contribution is 2.65. The third kappa shape index (κ3) is 5.65. The fourth-order valence-corrected chi connectivity index (χ4v) is 6.80. The Labute approximate surface area is 205 Å². The Bertz CT molecular complexity index is 798. The molecule has 5 atom stereocenters. The molecule has 4 aliphatic rings. The monoisotopic (exact) mass is 471 g/mol. The van der Waals surface area contributed by atoms with Gasteiger partial charge < -0.3 is 4.90 Å². The van der Waals surface area contributed by atoms with Crippen molar-refractivity contribution in [3.63, 3.8) is 0 Å². The summed E-state index contributed by atoms with van der Waals surface area (Å²) in [6, 6.07) is -0.417. The normalized spacial score (nSPS) is 34.9. The third-order valence-electron chi connectivity index (χ3n) is 9.50. The van der Waals surface area contributed by atoms with Crippen molar-refractivity contribution >= 4 is 23.3 Å². The van der Waals surface area contributed by atoms with Crippen molar-refractivity contribution in [3.8, 4) is 0 Å². The molecule has 5 nitrogen and oxygen atoms in total. The largest absolute Gasteiger partial charge is 0.332 e. The summed E-state index contributed by atoms with van der Waals surface area (Å²) in [5, 5.41) is 0. The number of fused-ring (bicyclic) bond motifs is 3. The minimum absolute atomic E-state index is 0.0130. The third-order valence-corrected chi connectivity index (χ3v) is 9.50.